The van der Waals surface area contributed by atoms with Gasteiger partial charge in [-0.05, 0) is 26.0 Å². The van der Waals surface area contributed by atoms with Crippen LogP contribution in [0.15, 0.2) is 41.6 Å². The van der Waals surface area contributed by atoms with E-state index in [0.29, 0.717) is 5.56 Å². The van der Waals surface area contributed by atoms with Crippen LogP contribution in [0.5, 0.6) is 0 Å². The lowest BCUT2D eigenvalue weighted by atomic mass is 10.1. The van der Waals surface area contributed by atoms with Gasteiger partial charge in [0.1, 0.15) is 11.1 Å². The fraction of sp³-hybridized carbons (Fsp3) is 0.211. The molecule has 1 atom stereocenters. The van der Waals surface area contributed by atoms with Crippen LogP contribution >= 0.6 is 11.8 Å². The van der Waals surface area contributed by atoms with Crippen molar-refractivity contribution in [3.8, 4) is 6.07 Å². The highest BCUT2D eigenvalue weighted by Crippen LogP contribution is 2.37. The molecule has 0 aliphatic rings. The monoisotopic (exact) mass is 389 g/mol. The fourth-order valence-corrected chi connectivity index (χ4v) is 3.82. The minimum atomic E-state index is -4.67. The molecule has 0 radical (unpaired) electrons. The smallest absolute Gasteiger partial charge is 0.360 e. The summed E-state index contributed by atoms with van der Waals surface area (Å²) in [6, 6.07) is 9.69. The second-order valence-corrected chi connectivity index (χ2v) is 7.30. The van der Waals surface area contributed by atoms with E-state index in [9.17, 15) is 23.2 Å². The molecule has 0 aliphatic carbocycles. The Bertz CT molecular complexity index is 1070. The second-order valence-electron chi connectivity index (χ2n) is 5.97. The number of aryl methyl sites for hydroxylation is 1. The van der Waals surface area contributed by atoms with Crippen LogP contribution in [0.25, 0.3) is 10.9 Å². The van der Waals surface area contributed by atoms with Crippen molar-refractivity contribution in [2.45, 2.75) is 30.3 Å². The highest BCUT2D eigenvalue weighted by Gasteiger charge is 2.36. The van der Waals surface area contributed by atoms with E-state index in [1.807, 2.05) is 12.1 Å². The van der Waals surface area contributed by atoms with Gasteiger partial charge in [0.25, 0.3) is 0 Å². The molecule has 2 aromatic heterocycles. The zero-order valence-electron chi connectivity index (χ0n) is 14.4. The van der Waals surface area contributed by atoms with E-state index in [-0.39, 0.29) is 16.5 Å². The topological polar surface area (TPSA) is 69.5 Å². The van der Waals surface area contributed by atoms with Crippen molar-refractivity contribution in [3.05, 3.63) is 58.9 Å². The molecule has 0 saturated carbocycles. The quantitative estimate of drug-likeness (QED) is 0.496. The van der Waals surface area contributed by atoms with E-state index < -0.39 is 22.6 Å². The molecule has 0 unspecified atom stereocenters. The molecular weight excluding hydrogens is 375 g/mol. The van der Waals surface area contributed by atoms with Gasteiger partial charge in [-0.2, -0.15) is 18.4 Å². The molecule has 2 heterocycles. The van der Waals surface area contributed by atoms with Crippen LogP contribution in [0.1, 0.15) is 34.1 Å². The molecule has 3 aromatic rings. The van der Waals surface area contributed by atoms with Crippen LogP contribution in [-0.4, -0.2) is 21.0 Å². The lowest BCUT2D eigenvalue weighted by Gasteiger charge is -2.15. The number of Topliss-reactive ketones (excluding diaryl/α,β-unsaturated/α-hetero) is 1. The van der Waals surface area contributed by atoms with E-state index in [0.717, 1.165) is 28.7 Å². The summed E-state index contributed by atoms with van der Waals surface area (Å²) < 4.78 is 39.7. The number of carbonyl (C=O) groups excluding carboxylic acids is 1. The number of aromatic amines is 1. The van der Waals surface area contributed by atoms with Crippen LogP contribution < -0.4 is 0 Å². The molecule has 27 heavy (non-hydrogen) atoms. The lowest BCUT2D eigenvalue weighted by Crippen LogP contribution is -2.15. The van der Waals surface area contributed by atoms with Crippen molar-refractivity contribution >= 4 is 28.4 Å². The van der Waals surface area contributed by atoms with Gasteiger partial charge in [-0.3, -0.25) is 4.79 Å². The molecule has 3 rings (SSSR count). The van der Waals surface area contributed by atoms with Gasteiger partial charge in [0.2, 0.25) is 0 Å². The summed E-state index contributed by atoms with van der Waals surface area (Å²) in [7, 11) is 0. The number of halogens is 3. The van der Waals surface area contributed by atoms with Crippen LogP contribution in [0.3, 0.4) is 0 Å². The van der Waals surface area contributed by atoms with E-state index >= 15 is 0 Å². The van der Waals surface area contributed by atoms with E-state index in [2.05, 4.69) is 9.97 Å². The normalized spacial score (nSPS) is 12.7. The molecule has 0 fully saturated rings. The number of fused-ring (bicyclic) bond motifs is 1. The van der Waals surface area contributed by atoms with Crippen molar-refractivity contribution in [2.24, 2.45) is 0 Å². The van der Waals surface area contributed by atoms with E-state index in [4.69, 9.17) is 0 Å². The summed E-state index contributed by atoms with van der Waals surface area (Å²) in [5.41, 5.74) is -0.212. The Morgan fingerprint density at radius 1 is 1.33 bits per heavy atom. The van der Waals surface area contributed by atoms with Crippen molar-refractivity contribution in [3.63, 3.8) is 0 Å². The molecule has 8 heteroatoms. The Morgan fingerprint density at radius 3 is 2.70 bits per heavy atom. The van der Waals surface area contributed by atoms with Gasteiger partial charge in [0, 0.05) is 28.4 Å². The molecule has 0 amide bonds. The molecule has 0 bridgehead atoms. The summed E-state index contributed by atoms with van der Waals surface area (Å²) in [6.07, 6.45) is -3.09. The third-order valence-electron chi connectivity index (χ3n) is 4.04. The molecule has 1 N–H and O–H groups in total. The first-order valence-corrected chi connectivity index (χ1v) is 8.86. The number of hydrogen-bond donors (Lipinski definition) is 1. The number of hydrogen-bond acceptors (Lipinski definition) is 4. The number of pyridine rings is 1. The van der Waals surface area contributed by atoms with Crippen molar-refractivity contribution < 1.29 is 18.0 Å². The molecule has 138 valence electrons. The molecule has 4 nitrogen and oxygen atoms in total. The van der Waals surface area contributed by atoms with Crippen molar-refractivity contribution in [1.82, 2.24) is 9.97 Å². The predicted molar refractivity (Wildman–Crippen MR) is 96.6 cm³/mol. The summed E-state index contributed by atoms with van der Waals surface area (Å²) in [5.74, 6) is -0.252. The van der Waals surface area contributed by atoms with Gasteiger partial charge in [-0.15, -0.1) is 0 Å². The number of nitrogens with one attached hydrogen (secondary N) is 1. The number of nitrogens with zero attached hydrogens (tertiary/aromatic N) is 2. The second kappa shape index (κ2) is 7.08. The number of alkyl halides is 3. The Morgan fingerprint density at radius 2 is 2.04 bits per heavy atom. The Kier molecular flexibility index (Phi) is 4.98. The van der Waals surface area contributed by atoms with Crippen LogP contribution in [0.4, 0.5) is 13.2 Å². The molecule has 0 spiro atoms. The number of nitriles is 1. The number of benzene rings is 1. The Hall–Kier alpha value is -2.79. The SMILES string of the molecule is Cc1cc(C(F)(F)F)c(C#N)c(S[C@H](C)C(=O)c2c[nH]c3ccccc23)n1. The molecule has 1 aromatic carbocycles. The number of H-pyrrole nitrogens is 1. The molecular formula is C19H14F3N3OS. The highest BCUT2D eigenvalue weighted by atomic mass is 32.2. The number of rotatable bonds is 4. The van der Waals surface area contributed by atoms with Crippen LogP contribution in [0.2, 0.25) is 0 Å². The zero-order chi connectivity index (χ0) is 19.8. The van der Waals surface area contributed by atoms with E-state index in [1.54, 1.807) is 31.3 Å². The van der Waals surface area contributed by atoms with Gasteiger partial charge in [0.05, 0.1) is 16.4 Å². The minimum Gasteiger partial charge on any atom is -0.360 e. The molecule has 0 saturated heterocycles. The van der Waals surface area contributed by atoms with Crippen molar-refractivity contribution in [2.75, 3.05) is 0 Å². The molecule has 0 aliphatic heterocycles. The number of aromatic nitrogens is 2. The predicted octanol–water partition coefficient (Wildman–Crippen LogP) is 5.13. The first kappa shape index (κ1) is 19.0. The van der Waals surface area contributed by atoms with Gasteiger partial charge in [-0.25, -0.2) is 4.98 Å². The number of ketones is 1. The summed E-state index contributed by atoms with van der Waals surface area (Å²) in [4.78, 5) is 19.9. The lowest BCUT2D eigenvalue weighted by molar-refractivity contribution is -0.138. The van der Waals surface area contributed by atoms with Crippen LogP contribution in [-0.2, 0) is 6.18 Å². The highest BCUT2D eigenvalue weighted by molar-refractivity contribution is 8.00. The average molecular weight is 389 g/mol. The largest absolute Gasteiger partial charge is 0.417 e. The summed E-state index contributed by atoms with van der Waals surface area (Å²) in [5, 5.41) is 9.17. The minimum absolute atomic E-state index is 0.0921. The maximum Gasteiger partial charge on any atom is 0.417 e. The summed E-state index contributed by atoms with van der Waals surface area (Å²) >= 11 is 0.857. The third kappa shape index (κ3) is 3.69. The Balaban J connectivity index is 1.96. The van der Waals surface area contributed by atoms with Gasteiger partial charge < -0.3 is 4.98 Å². The standard InChI is InChI=1S/C19H14F3N3OS/c1-10-7-15(19(20,21)22)13(8-23)18(25-10)27-11(2)17(26)14-9-24-16-6-4-3-5-12(14)16/h3-7,9,11,24H,1-2H3/t11-/m1/s1. The number of thioether (sulfide) groups is 1. The fourth-order valence-electron chi connectivity index (χ4n) is 2.78. The number of para-hydroxylation sites is 1. The van der Waals surface area contributed by atoms with Gasteiger partial charge in [-0.1, -0.05) is 30.0 Å². The third-order valence-corrected chi connectivity index (χ3v) is 5.13. The van der Waals surface area contributed by atoms with Gasteiger partial charge >= 0.3 is 6.18 Å². The summed E-state index contributed by atoms with van der Waals surface area (Å²) in [6.45, 7) is 3.01. The van der Waals surface area contributed by atoms with E-state index in [1.165, 1.54) is 6.92 Å². The Labute approximate surface area is 157 Å². The first-order valence-electron chi connectivity index (χ1n) is 7.98. The maximum absolute atomic E-state index is 13.2. The zero-order valence-corrected chi connectivity index (χ0v) is 15.2. The van der Waals surface area contributed by atoms with Crippen LogP contribution in [0, 0.1) is 18.3 Å². The van der Waals surface area contributed by atoms with Gasteiger partial charge in [0.15, 0.2) is 5.78 Å². The maximum atomic E-state index is 13.2. The number of carbonyl (C=O) groups is 1. The van der Waals surface area contributed by atoms with Crippen molar-refractivity contribution in [1.29, 1.82) is 5.26 Å². The average Bonchev–Trinajstić information content (AvgIpc) is 3.04. The first-order chi connectivity index (χ1) is 12.7.